The van der Waals surface area contributed by atoms with E-state index in [4.69, 9.17) is 0 Å². The zero-order valence-corrected chi connectivity index (χ0v) is 13.2. The summed E-state index contributed by atoms with van der Waals surface area (Å²) in [6.45, 7) is 10.8. The van der Waals surface area contributed by atoms with Gasteiger partial charge in [-0.15, -0.1) is 0 Å². The summed E-state index contributed by atoms with van der Waals surface area (Å²) in [6.07, 6.45) is 0. The van der Waals surface area contributed by atoms with Crippen molar-refractivity contribution in [3.8, 4) is 6.07 Å². The van der Waals surface area contributed by atoms with E-state index in [9.17, 15) is 5.26 Å². The molecule has 0 amide bonds. The van der Waals surface area contributed by atoms with Gasteiger partial charge in [-0.3, -0.25) is 0 Å². The van der Waals surface area contributed by atoms with Crippen LogP contribution in [0.15, 0.2) is 22.7 Å². The molecule has 0 atom stereocenters. The van der Waals surface area contributed by atoms with Gasteiger partial charge in [0.1, 0.15) is 6.07 Å². The molecule has 1 aromatic carbocycles. The number of nitrogens with zero attached hydrogens (tertiary/aromatic N) is 2. The topological polar surface area (TPSA) is 27.0 Å². The van der Waals surface area contributed by atoms with Crippen molar-refractivity contribution >= 4 is 21.6 Å². The van der Waals surface area contributed by atoms with Crippen molar-refractivity contribution in [1.82, 2.24) is 0 Å². The van der Waals surface area contributed by atoms with Crippen LogP contribution in [0, 0.1) is 23.2 Å². The zero-order chi connectivity index (χ0) is 13.7. The van der Waals surface area contributed by atoms with Gasteiger partial charge < -0.3 is 4.90 Å². The maximum atomic E-state index is 9.23. The molecule has 0 radical (unpaired) electrons. The summed E-state index contributed by atoms with van der Waals surface area (Å²) in [4.78, 5) is 2.32. The minimum Gasteiger partial charge on any atom is -0.370 e. The molecule has 0 aliphatic carbocycles. The Morgan fingerprint density at radius 3 is 2.17 bits per heavy atom. The van der Waals surface area contributed by atoms with Crippen LogP contribution in [0.3, 0.4) is 0 Å². The first kappa shape index (κ1) is 15.0. The van der Waals surface area contributed by atoms with Gasteiger partial charge in [-0.2, -0.15) is 5.26 Å². The molecule has 0 spiro atoms. The molecule has 0 bridgehead atoms. The molecule has 0 heterocycles. The lowest BCUT2D eigenvalue weighted by Gasteiger charge is -2.29. The van der Waals surface area contributed by atoms with Gasteiger partial charge in [-0.05, 0) is 30.0 Å². The van der Waals surface area contributed by atoms with Crippen molar-refractivity contribution in [3.05, 3.63) is 28.2 Å². The van der Waals surface area contributed by atoms with Crippen LogP contribution in [0.1, 0.15) is 33.3 Å². The number of halogens is 1. The van der Waals surface area contributed by atoms with E-state index in [0.29, 0.717) is 11.8 Å². The molecule has 98 valence electrons. The molecular weight excluding hydrogens is 288 g/mol. The lowest BCUT2D eigenvalue weighted by molar-refractivity contribution is 0.552. The average molecular weight is 309 g/mol. The lowest BCUT2D eigenvalue weighted by Crippen LogP contribution is -2.31. The first-order chi connectivity index (χ1) is 8.43. The van der Waals surface area contributed by atoms with Gasteiger partial charge in [0.05, 0.1) is 11.3 Å². The molecule has 0 aliphatic rings. The summed E-state index contributed by atoms with van der Waals surface area (Å²) in [5, 5.41) is 9.23. The van der Waals surface area contributed by atoms with Crippen LogP contribution in [0.5, 0.6) is 0 Å². The summed E-state index contributed by atoms with van der Waals surface area (Å²) in [6, 6.07) is 8.14. The van der Waals surface area contributed by atoms with E-state index in [1.165, 1.54) is 0 Å². The third kappa shape index (κ3) is 4.34. The number of hydrogen-bond acceptors (Lipinski definition) is 2. The Balaban J connectivity index is 3.11. The highest BCUT2D eigenvalue weighted by atomic mass is 79.9. The molecule has 1 aromatic rings. The zero-order valence-electron chi connectivity index (χ0n) is 11.6. The molecule has 18 heavy (non-hydrogen) atoms. The summed E-state index contributed by atoms with van der Waals surface area (Å²) < 4.78 is 1.02. The van der Waals surface area contributed by atoms with Gasteiger partial charge in [0.15, 0.2) is 0 Å². The van der Waals surface area contributed by atoms with E-state index in [1.54, 1.807) is 0 Å². The van der Waals surface area contributed by atoms with E-state index in [2.05, 4.69) is 54.6 Å². The number of anilines is 1. The Kier molecular flexibility index (Phi) is 5.68. The first-order valence-electron chi connectivity index (χ1n) is 6.38. The molecule has 0 saturated carbocycles. The van der Waals surface area contributed by atoms with E-state index in [0.717, 1.165) is 28.8 Å². The smallest absolute Gasteiger partial charge is 0.101 e. The van der Waals surface area contributed by atoms with Crippen LogP contribution in [0.4, 0.5) is 5.69 Å². The van der Waals surface area contributed by atoms with Crippen LogP contribution >= 0.6 is 15.9 Å². The molecule has 0 unspecified atom stereocenters. The molecule has 0 fully saturated rings. The fraction of sp³-hybridized carbons (Fsp3) is 0.533. The fourth-order valence-electron chi connectivity index (χ4n) is 2.01. The molecule has 3 heteroatoms. The fourth-order valence-corrected chi connectivity index (χ4v) is 2.36. The molecule has 1 rings (SSSR count). The molecule has 0 N–H and O–H groups in total. The minimum atomic E-state index is 0.578. The summed E-state index contributed by atoms with van der Waals surface area (Å²) >= 11 is 3.49. The van der Waals surface area contributed by atoms with Crippen molar-refractivity contribution < 1.29 is 0 Å². The van der Waals surface area contributed by atoms with E-state index in [-0.39, 0.29) is 0 Å². The monoisotopic (exact) mass is 308 g/mol. The normalized spacial score (nSPS) is 10.8. The highest BCUT2D eigenvalue weighted by molar-refractivity contribution is 9.10. The number of nitriles is 1. The second kappa shape index (κ2) is 6.80. The highest BCUT2D eigenvalue weighted by Gasteiger charge is 2.14. The predicted molar refractivity (Wildman–Crippen MR) is 80.7 cm³/mol. The summed E-state index contributed by atoms with van der Waals surface area (Å²) in [5.74, 6) is 1.16. The van der Waals surface area contributed by atoms with E-state index < -0.39 is 0 Å². The van der Waals surface area contributed by atoms with Crippen LogP contribution in [-0.2, 0) is 0 Å². The van der Waals surface area contributed by atoms with Gasteiger partial charge in [0.25, 0.3) is 0 Å². The predicted octanol–water partition coefficient (Wildman–Crippen LogP) is 4.44. The van der Waals surface area contributed by atoms with Crippen molar-refractivity contribution in [2.24, 2.45) is 11.8 Å². The molecular formula is C15H21BrN2. The Labute approximate surface area is 119 Å². The second-order valence-corrected chi connectivity index (χ2v) is 6.38. The van der Waals surface area contributed by atoms with Gasteiger partial charge in [-0.25, -0.2) is 0 Å². The lowest BCUT2D eigenvalue weighted by atomic mass is 10.1. The molecule has 0 saturated heterocycles. The average Bonchev–Trinajstić information content (AvgIpc) is 2.26. The van der Waals surface area contributed by atoms with Gasteiger partial charge >= 0.3 is 0 Å². The Bertz CT molecular complexity index is 423. The first-order valence-corrected chi connectivity index (χ1v) is 7.18. The number of benzene rings is 1. The summed E-state index contributed by atoms with van der Waals surface area (Å²) in [7, 11) is 0. The third-order valence-corrected chi connectivity index (χ3v) is 3.09. The van der Waals surface area contributed by atoms with Gasteiger partial charge in [-0.1, -0.05) is 43.6 Å². The van der Waals surface area contributed by atoms with Crippen LogP contribution in [-0.4, -0.2) is 13.1 Å². The van der Waals surface area contributed by atoms with Gasteiger partial charge in [0.2, 0.25) is 0 Å². The number of rotatable bonds is 5. The second-order valence-electron chi connectivity index (χ2n) is 5.47. The van der Waals surface area contributed by atoms with Crippen LogP contribution in [0.25, 0.3) is 0 Å². The van der Waals surface area contributed by atoms with Crippen molar-refractivity contribution in [2.75, 3.05) is 18.0 Å². The SMILES string of the molecule is CC(C)CN(CC(C)C)c1cc(Br)ccc1C#N. The van der Waals surface area contributed by atoms with Crippen molar-refractivity contribution in [3.63, 3.8) is 0 Å². The standard InChI is InChI=1S/C15H21BrN2/c1-11(2)9-18(10-12(3)4)15-7-14(16)6-5-13(15)8-17/h5-7,11-12H,9-10H2,1-4H3. The van der Waals surface area contributed by atoms with E-state index >= 15 is 0 Å². The van der Waals surface area contributed by atoms with Crippen molar-refractivity contribution in [1.29, 1.82) is 5.26 Å². The number of hydrogen-bond donors (Lipinski definition) is 0. The third-order valence-electron chi connectivity index (χ3n) is 2.59. The van der Waals surface area contributed by atoms with Crippen LogP contribution in [0.2, 0.25) is 0 Å². The quantitative estimate of drug-likeness (QED) is 0.804. The maximum Gasteiger partial charge on any atom is 0.101 e. The summed E-state index contributed by atoms with van der Waals surface area (Å²) in [5.41, 5.74) is 1.79. The Morgan fingerprint density at radius 2 is 1.72 bits per heavy atom. The molecule has 2 nitrogen and oxygen atoms in total. The van der Waals surface area contributed by atoms with Crippen LogP contribution < -0.4 is 4.90 Å². The van der Waals surface area contributed by atoms with Crippen molar-refractivity contribution in [2.45, 2.75) is 27.7 Å². The highest BCUT2D eigenvalue weighted by Crippen LogP contribution is 2.26. The minimum absolute atomic E-state index is 0.578. The largest absolute Gasteiger partial charge is 0.370 e. The van der Waals surface area contributed by atoms with Gasteiger partial charge in [0, 0.05) is 17.6 Å². The molecule has 0 aliphatic heterocycles. The Morgan fingerprint density at radius 1 is 1.17 bits per heavy atom. The molecule has 0 aromatic heterocycles. The maximum absolute atomic E-state index is 9.23. The Hall–Kier alpha value is -1.01. The van der Waals surface area contributed by atoms with E-state index in [1.807, 2.05) is 18.2 Å².